The molecular weight excluding hydrogens is 395 g/mol. The van der Waals surface area contributed by atoms with E-state index >= 15 is 0 Å². The number of carbonyl (C=O) groups excluding carboxylic acids is 1. The third kappa shape index (κ3) is 4.53. The molecule has 0 spiro atoms. The predicted molar refractivity (Wildman–Crippen MR) is 107 cm³/mol. The van der Waals surface area contributed by atoms with E-state index in [4.69, 9.17) is 11.6 Å². The minimum Gasteiger partial charge on any atom is -0.360 e. The van der Waals surface area contributed by atoms with E-state index in [1.165, 1.54) is 26.1 Å². The lowest BCUT2D eigenvalue weighted by atomic mass is 10.0. The van der Waals surface area contributed by atoms with Gasteiger partial charge in [0, 0.05) is 38.2 Å². The first-order chi connectivity index (χ1) is 13.0. The number of alkyl halides is 3. The normalized spacial score (nSPS) is 12.2. The fourth-order valence-electron chi connectivity index (χ4n) is 2.61. The number of rotatable bonds is 5. The van der Waals surface area contributed by atoms with Gasteiger partial charge in [-0.2, -0.15) is 13.2 Å². The van der Waals surface area contributed by atoms with Crippen molar-refractivity contribution in [3.05, 3.63) is 41.7 Å². The average molecular weight is 418 g/mol. The zero-order valence-electron chi connectivity index (χ0n) is 15.0. The Labute approximate surface area is 168 Å². The molecule has 0 radical (unpaired) electrons. The largest absolute Gasteiger partial charge is 0.405 e. The fraction of sp³-hybridized carbons (Fsp3) is 0.278. The molecule has 10 heteroatoms. The lowest BCUT2D eigenvalue weighted by molar-refractivity contribution is -0.140. The number of aromatic amines is 1. The average Bonchev–Trinajstić information content (AvgIpc) is 3.01. The molecule has 2 aromatic heterocycles. The van der Waals surface area contributed by atoms with Crippen molar-refractivity contribution in [1.82, 2.24) is 20.3 Å². The number of nitrogens with one attached hydrogen (secondary N) is 3. The maximum Gasteiger partial charge on any atom is 0.405 e. The monoisotopic (exact) mass is 417 g/mol. The summed E-state index contributed by atoms with van der Waals surface area (Å²) in [5.41, 5.74) is 0.245. The van der Waals surface area contributed by atoms with E-state index in [2.05, 4.69) is 20.3 Å². The summed E-state index contributed by atoms with van der Waals surface area (Å²) >= 11 is 6.06. The van der Waals surface area contributed by atoms with Crippen molar-refractivity contribution in [2.75, 3.05) is 11.9 Å². The zero-order valence-corrected chi connectivity index (χ0v) is 15.7. The first-order valence-electron chi connectivity index (χ1n) is 8.28. The van der Waals surface area contributed by atoms with Gasteiger partial charge in [-0.15, -0.1) is 0 Å². The van der Waals surface area contributed by atoms with Crippen LogP contribution in [0, 0.1) is 0 Å². The van der Waals surface area contributed by atoms with E-state index < -0.39 is 24.2 Å². The summed E-state index contributed by atoms with van der Waals surface area (Å²) in [4.78, 5) is 23.8. The molecule has 154 valence electrons. The molecule has 0 bridgehead atoms. The highest BCUT2D eigenvalue weighted by Crippen LogP contribution is 2.29. The molecule has 0 fully saturated rings. The van der Waals surface area contributed by atoms with Gasteiger partial charge in [0.05, 0.1) is 0 Å². The molecular formula is C18H23ClF3N5O. The number of nitrogens with zero attached hydrogens (tertiary/aromatic N) is 2. The van der Waals surface area contributed by atoms with Crippen LogP contribution in [0.15, 0.2) is 36.7 Å². The predicted octanol–water partition coefficient (Wildman–Crippen LogP) is 4.89. The molecule has 0 atom stereocenters. The standard InChI is InChI=1S/C18H17ClF3N5O.3H2/c1-17(2,16(28)25-9-18(20,21)22)27-14-5-6-23-15(26-14)12-8-24-13-4-3-10(19)7-11(12)13;;;/h3-8,24H,9H2,1-2H3,(H,25,28)(H,23,26,27);3*1H. The molecule has 0 saturated carbocycles. The van der Waals surface area contributed by atoms with E-state index in [9.17, 15) is 18.0 Å². The van der Waals surface area contributed by atoms with E-state index in [0.717, 1.165) is 10.9 Å². The SMILES string of the molecule is CC(C)(Nc1ccnc(-c2c[nH]c3ccc(Cl)cc23)n1)C(=O)NCC(F)(F)F.[HH].[HH].[HH]. The minimum atomic E-state index is -4.48. The van der Waals surface area contributed by atoms with Gasteiger partial charge in [0.1, 0.15) is 17.9 Å². The van der Waals surface area contributed by atoms with Crippen LogP contribution in [0.3, 0.4) is 0 Å². The molecule has 28 heavy (non-hydrogen) atoms. The highest BCUT2D eigenvalue weighted by molar-refractivity contribution is 6.31. The van der Waals surface area contributed by atoms with Crippen molar-refractivity contribution >= 4 is 34.2 Å². The Hall–Kier alpha value is -2.81. The van der Waals surface area contributed by atoms with Crippen molar-refractivity contribution in [3.8, 4) is 11.4 Å². The van der Waals surface area contributed by atoms with E-state index in [0.29, 0.717) is 22.2 Å². The van der Waals surface area contributed by atoms with Crippen LogP contribution in [-0.4, -0.2) is 39.1 Å². The molecule has 0 aliphatic carbocycles. The maximum atomic E-state index is 12.3. The van der Waals surface area contributed by atoms with Crippen LogP contribution in [0.2, 0.25) is 5.02 Å². The lowest BCUT2D eigenvalue weighted by Gasteiger charge is -2.26. The second kappa shape index (κ2) is 7.31. The van der Waals surface area contributed by atoms with Gasteiger partial charge < -0.3 is 15.6 Å². The van der Waals surface area contributed by atoms with Crippen LogP contribution in [0.25, 0.3) is 22.3 Å². The third-order valence-electron chi connectivity index (χ3n) is 4.00. The molecule has 0 saturated heterocycles. The van der Waals surface area contributed by atoms with E-state index in [1.807, 2.05) is 11.4 Å². The van der Waals surface area contributed by atoms with Gasteiger partial charge in [-0.1, -0.05) is 11.6 Å². The third-order valence-corrected chi connectivity index (χ3v) is 4.23. The number of H-pyrrole nitrogens is 1. The molecule has 6 nitrogen and oxygen atoms in total. The second-order valence-electron chi connectivity index (χ2n) is 6.71. The van der Waals surface area contributed by atoms with Crippen molar-refractivity contribution in [3.63, 3.8) is 0 Å². The summed E-state index contributed by atoms with van der Waals surface area (Å²) < 4.78 is 37.0. The highest BCUT2D eigenvalue weighted by Gasteiger charge is 2.33. The molecule has 0 aliphatic heterocycles. The number of amides is 1. The van der Waals surface area contributed by atoms with E-state index in [-0.39, 0.29) is 4.28 Å². The molecule has 2 heterocycles. The number of fused-ring (bicyclic) bond motifs is 1. The molecule has 0 aliphatic rings. The first kappa shape index (κ1) is 19.9. The van der Waals surface area contributed by atoms with Crippen LogP contribution in [0.4, 0.5) is 19.0 Å². The molecule has 3 aromatic rings. The summed E-state index contributed by atoms with van der Waals surface area (Å²) in [5.74, 6) is -0.123. The molecule has 3 N–H and O–H groups in total. The number of hydrogen-bond acceptors (Lipinski definition) is 4. The van der Waals surface area contributed by atoms with Gasteiger partial charge in [0.15, 0.2) is 5.82 Å². The fourth-order valence-corrected chi connectivity index (χ4v) is 2.79. The Bertz CT molecular complexity index is 1030. The first-order valence-corrected chi connectivity index (χ1v) is 8.66. The number of benzene rings is 1. The quantitative estimate of drug-likeness (QED) is 0.552. The minimum absolute atomic E-state index is 0. The van der Waals surface area contributed by atoms with Crippen LogP contribution in [0.1, 0.15) is 18.1 Å². The highest BCUT2D eigenvalue weighted by atomic mass is 35.5. The smallest absolute Gasteiger partial charge is 0.360 e. The van der Waals surface area contributed by atoms with Crippen molar-refractivity contribution in [1.29, 1.82) is 0 Å². The van der Waals surface area contributed by atoms with Gasteiger partial charge in [0.2, 0.25) is 5.91 Å². The maximum absolute atomic E-state index is 12.3. The van der Waals surface area contributed by atoms with Gasteiger partial charge in [-0.3, -0.25) is 4.79 Å². The summed E-state index contributed by atoms with van der Waals surface area (Å²) in [6.07, 6.45) is -1.25. The van der Waals surface area contributed by atoms with Gasteiger partial charge in [0.25, 0.3) is 0 Å². The van der Waals surface area contributed by atoms with Crippen LogP contribution in [0.5, 0.6) is 0 Å². The van der Waals surface area contributed by atoms with Crippen molar-refractivity contribution < 1.29 is 22.2 Å². The van der Waals surface area contributed by atoms with Gasteiger partial charge >= 0.3 is 6.18 Å². The van der Waals surface area contributed by atoms with E-state index in [1.54, 1.807) is 18.3 Å². The molecule has 1 amide bonds. The van der Waals surface area contributed by atoms with Crippen molar-refractivity contribution in [2.24, 2.45) is 0 Å². The number of halogens is 4. The lowest BCUT2D eigenvalue weighted by Crippen LogP contribution is -2.50. The van der Waals surface area contributed by atoms with Crippen LogP contribution >= 0.6 is 11.6 Å². The Morgan fingerprint density at radius 2 is 2.04 bits per heavy atom. The summed E-state index contributed by atoms with van der Waals surface area (Å²) in [7, 11) is 0. The number of carbonyl (C=O) groups is 1. The summed E-state index contributed by atoms with van der Waals surface area (Å²) in [5, 5.41) is 6.10. The molecule has 0 unspecified atom stereocenters. The van der Waals surface area contributed by atoms with Crippen LogP contribution < -0.4 is 10.6 Å². The summed E-state index contributed by atoms with van der Waals surface area (Å²) in [6, 6.07) is 6.90. The van der Waals surface area contributed by atoms with Crippen LogP contribution in [-0.2, 0) is 4.79 Å². The zero-order chi connectivity index (χ0) is 20.5. The second-order valence-corrected chi connectivity index (χ2v) is 7.14. The number of anilines is 1. The summed E-state index contributed by atoms with van der Waals surface area (Å²) in [6.45, 7) is 1.53. The van der Waals surface area contributed by atoms with Crippen molar-refractivity contribution in [2.45, 2.75) is 25.6 Å². The molecule has 3 rings (SSSR count). The topological polar surface area (TPSA) is 82.7 Å². The Morgan fingerprint density at radius 1 is 1.29 bits per heavy atom. The number of aromatic nitrogens is 3. The molecule has 1 aromatic carbocycles. The Balaban J connectivity index is 0.00000300. The Morgan fingerprint density at radius 3 is 2.75 bits per heavy atom. The van der Waals surface area contributed by atoms with Gasteiger partial charge in [-0.05, 0) is 38.1 Å². The van der Waals surface area contributed by atoms with Gasteiger partial charge in [-0.25, -0.2) is 9.97 Å². The Kier molecular flexibility index (Phi) is 5.20. The number of hydrogen-bond donors (Lipinski definition) is 3.